The predicted octanol–water partition coefficient (Wildman–Crippen LogP) is 4.87. The number of anilines is 1. The molecule has 0 aliphatic heterocycles. The molecule has 0 radical (unpaired) electrons. The highest BCUT2D eigenvalue weighted by Gasteiger charge is 2.06. The molecule has 0 atom stereocenters. The van der Waals surface area contributed by atoms with Gasteiger partial charge in [0, 0.05) is 11.6 Å². The van der Waals surface area contributed by atoms with Gasteiger partial charge in [-0.25, -0.2) is 4.98 Å². The molecule has 0 aliphatic carbocycles. The topological polar surface area (TPSA) is 24.9 Å². The molecule has 0 unspecified atom stereocenters. The molecule has 4 heteroatoms. The molecular weight excluding hydrogens is 276 g/mol. The molecule has 96 valence electrons. The molecule has 0 fully saturated rings. The third-order valence-electron chi connectivity index (χ3n) is 3.01. The maximum Gasteiger partial charge on any atom is 0.184 e. The summed E-state index contributed by atoms with van der Waals surface area (Å²) >= 11 is 7.81. The van der Waals surface area contributed by atoms with Crippen LogP contribution in [0.5, 0.6) is 0 Å². The van der Waals surface area contributed by atoms with Crippen molar-refractivity contribution < 1.29 is 0 Å². The Morgan fingerprint density at radius 1 is 1.16 bits per heavy atom. The molecule has 2 aromatic carbocycles. The number of rotatable bonds is 3. The Kier molecular flexibility index (Phi) is 3.40. The number of aromatic nitrogens is 1. The van der Waals surface area contributed by atoms with E-state index >= 15 is 0 Å². The second kappa shape index (κ2) is 5.19. The van der Waals surface area contributed by atoms with Crippen molar-refractivity contribution in [1.82, 2.24) is 4.98 Å². The van der Waals surface area contributed by atoms with Crippen LogP contribution in [0.1, 0.15) is 11.1 Å². The summed E-state index contributed by atoms with van der Waals surface area (Å²) in [6.45, 7) is 2.78. The van der Waals surface area contributed by atoms with Crippen molar-refractivity contribution in [3.05, 3.63) is 58.6 Å². The van der Waals surface area contributed by atoms with Crippen molar-refractivity contribution in [3.63, 3.8) is 0 Å². The Morgan fingerprint density at radius 2 is 2.00 bits per heavy atom. The molecule has 2 nitrogen and oxygen atoms in total. The van der Waals surface area contributed by atoms with Gasteiger partial charge in [0.05, 0.1) is 10.2 Å². The smallest absolute Gasteiger partial charge is 0.184 e. The van der Waals surface area contributed by atoms with Gasteiger partial charge >= 0.3 is 0 Å². The molecule has 0 amide bonds. The summed E-state index contributed by atoms with van der Waals surface area (Å²) in [7, 11) is 0. The van der Waals surface area contributed by atoms with E-state index in [0.29, 0.717) is 6.54 Å². The SMILES string of the molecule is Cc1cccc2sc(NCc3ccccc3Cl)nc12. The molecule has 0 bridgehead atoms. The molecule has 0 spiro atoms. The van der Waals surface area contributed by atoms with Crippen molar-refractivity contribution in [2.24, 2.45) is 0 Å². The fraction of sp³-hybridized carbons (Fsp3) is 0.133. The van der Waals surface area contributed by atoms with Crippen molar-refractivity contribution in [1.29, 1.82) is 0 Å². The van der Waals surface area contributed by atoms with Crippen LogP contribution < -0.4 is 5.32 Å². The minimum Gasteiger partial charge on any atom is -0.357 e. The summed E-state index contributed by atoms with van der Waals surface area (Å²) in [5.41, 5.74) is 3.37. The normalized spacial score (nSPS) is 10.8. The molecular formula is C15H13ClN2S. The summed E-state index contributed by atoms with van der Waals surface area (Å²) in [6.07, 6.45) is 0. The first kappa shape index (κ1) is 12.5. The molecule has 3 aromatic rings. The van der Waals surface area contributed by atoms with E-state index in [1.165, 1.54) is 10.3 Å². The number of halogens is 1. The number of hydrogen-bond donors (Lipinski definition) is 1. The first-order chi connectivity index (χ1) is 9.24. The van der Waals surface area contributed by atoms with E-state index in [1.807, 2.05) is 24.3 Å². The largest absolute Gasteiger partial charge is 0.357 e. The number of thiazole rings is 1. The second-order valence-corrected chi connectivity index (χ2v) is 5.82. The Morgan fingerprint density at radius 3 is 2.79 bits per heavy atom. The number of benzene rings is 2. The Labute approximate surface area is 121 Å². The maximum atomic E-state index is 6.14. The van der Waals surface area contributed by atoms with Crippen LogP contribution in [0.25, 0.3) is 10.2 Å². The summed E-state index contributed by atoms with van der Waals surface area (Å²) in [5.74, 6) is 0. The van der Waals surface area contributed by atoms with Gasteiger partial charge in [0.25, 0.3) is 0 Å². The Balaban J connectivity index is 1.83. The van der Waals surface area contributed by atoms with Crippen molar-refractivity contribution in [2.75, 3.05) is 5.32 Å². The van der Waals surface area contributed by atoms with Crippen molar-refractivity contribution >= 4 is 38.3 Å². The zero-order valence-electron chi connectivity index (χ0n) is 10.5. The zero-order chi connectivity index (χ0) is 13.2. The van der Waals surface area contributed by atoms with E-state index in [9.17, 15) is 0 Å². The average molecular weight is 289 g/mol. The molecule has 19 heavy (non-hydrogen) atoms. The summed E-state index contributed by atoms with van der Waals surface area (Å²) in [6, 6.07) is 14.1. The number of fused-ring (bicyclic) bond motifs is 1. The van der Waals surface area contributed by atoms with E-state index in [-0.39, 0.29) is 0 Å². The van der Waals surface area contributed by atoms with Gasteiger partial charge in [-0.2, -0.15) is 0 Å². The van der Waals surface area contributed by atoms with E-state index in [0.717, 1.165) is 21.2 Å². The number of nitrogens with zero attached hydrogens (tertiary/aromatic N) is 1. The van der Waals surface area contributed by atoms with Crippen LogP contribution in [-0.2, 0) is 6.54 Å². The maximum absolute atomic E-state index is 6.14. The Hall–Kier alpha value is -1.58. The van der Waals surface area contributed by atoms with Gasteiger partial charge in [0.2, 0.25) is 0 Å². The fourth-order valence-corrected chi connectivity index (χ4v) is 3.12. The van der Waals surface area contributed by atoms with Crippen LogP contribution in [0.15, 0.2) is 42.5 Å². The molecule has 0 saturated carbocycles. The van der Waals surface area contributed by atoms with Gasteiger partial charge in [-0.05, 0) is 30.2 Å². The van der Waals surface area contributed by atoms with Crippen LogP contribution in [0.4, 0.5) is 5.13 Å². The minimum atomic E-state index is 0.693. The van der Waals surface area contributed by atoms with E-state index in [2.05, 4.69) is 35.4 Å². The standard InChI is InChI=1S/C15H13ClN2S/c1-10-5-4-8-13-14(10)18-15(19-13)17-9-11-6-2-3-7-12(11)16/h2-8H,9H2,1H3,(H,17,18). The highest BCUT2D eigenvalue weighted by atomic mass is 35.5. The van der Waals surface area contributed by atoms with E-state index < -0.39 is 0 Å². The number of para-hydroxylation sites is 1. The third kappa shape index (κ3) is 2.57. The van der Waals surface area contributed by atoms with Gasteiger partial charge in [-0.3, -0.25) is 0 Å². The highest BCUT2D eigenvalue weighted by Crippen LogP contribution is 2.28. The van der Waals surface area contributed by atoms with Gasteiger partial charge in [0.15, 0.2) is 5.13 Å². The predicted molar refractivity (Wildman–Crippen MR) is 83.1 cm³/mol. The zero-order valence-corrected chi connectivity index (χ0v) is 12.1. The van der Waals surface area contributed by atoms with E-state index in [4.69, 9.17) is 11.6 Å². The molecule has 1 aromatic heterocycles. The minimum absolute atomic E-state index is 0.693. The molecule has 1 heterocycles. The van der Waals surface area contributed by atoms with Crippen LogP contribution >= 0.6 is 22.9 Å². The van der Waals surface area contributed by atoms with Gasteiger partial charge in [-0.15, -0.1) is 0 Å². The fourth-order valence-electron chi connectivity index (χ4n) is 1.97. The number of nitrogens with one attached hydrogen (secondary N) is 1. The summed E-state index contributed by atoms with van der Waals surface area (Å²) in [4.78, 5) is 4.62. The Bertz CT molecular complexity index is 721. The first-order valence-electron chi connectivity index (χ1n) is 6.07. The molecule has 3 rings (SSSR count). The lowest BCUT2D eigenvalue weighted by Gasteiger charge is -2.04. The lowest BCUT2D eigenvalue weighted by molar-refractivity contribution is 1.14. The lowest BCUT2D eigenvalue weighted by Crippen LogP contribution is -1.99. The van der Waals surface area contributed by atoms with Crippen LogP contribution in [0.3, 0.4) is 0 Å². The summed E-state index contributed by atoms with van der Waals surface area (Å²) < 4.78 is 1.21. The summed E-state index contributed by atoms with van der Waals surface area (Å²) in [5, 5.41) is 5.06. The van der Waals surface area contributed by atoms with Crippen molar-refractivity contribution in [3.8, 4) is 0 Å². The average Bonchev–Trinajstić information content (AvgIpc) is 2.82. The molecule has 0 saturated heterocycles. The van der Waals surface area contributed by atoms with Crippen LogP contribution in [-0.4, -0.2) is 4.98 Å². The third-order valence-corrected chi connectivity index (χ3v) is 4.36. The van der Waals surface area contributed by atoms with Crippen LogP contribution in [0.2, 0.25) is 5.02 Å². The number of aryl methyl sites for hydroxylation is 1. The monoisotopic (exact) mass is 288 g/mol. The number of hydrogen-bond acceptors (Lipinski definition) is 3. The first-order valence-corrected chi connectivity index (χ1v) is 7.27. The molecule has 0 aliphatic rings. The van der Waals surface area contributed by atoms with Crippen molar-refractivity contribution in [2.45, 2.75) is 13.5 Å². The second-order valence-electron chi connectivity index (χ2n) is 4.39. The van der Waals surface area contributed by atoms with Gasteiger partial charge in [-0.1, -0.05) is 53.3 Å². The molecule has 1 N–H and O–H groups in total. The van der Waals surface area contributed by atoms with Gasteiger partial charge < -0.3 is 5.32 Å². The lowest BCUT2D eigenvalue weighted by atomic mass is 10.2. The quantitative estimate of drug-likeness (QED) is 0.744. The van der Waals surface area contributed by atoms with E-state index in [1.54, 1.807) is 11.3 Å². The van der Waals surface area contributed by atoms with Crippen LogP contribution in [0, 0.1) is 6.92 Å². The van der Waals surface area contributed by atoms with Gasteiger partial charge in [0.1, 0.15) is 0 Å². The highest BCUT2D eigenvalue weighted by molar-refractivity contribution is 7.22.